The van der Waals surface area contributed by atoms with Gasteiger partial charge in [0.15, 0.2) is 11.5 Å². The van der Waals surface area contributed by atoms with Crippen LogP contribution < -0.4 is 15.2 Å². The fraction of sp³-hybridized carbons (Fsp3) is 0.250. The summed E-state index contributed by atoms with van der Waals surface area (Å²) in [6, 6.07) is 11.8. The molecule has 1 aliphatic heterocycles. The summed E-state index contributed by atoms with van der Waals surface area (Å²) in [5, 5.41) is 0. The molecule has 1 heterocycles. The average Bonchev–Trinajstić information content (AvgIpc) is 2.49. The highest BCUT2D eigenvalue weighted by molar-refractivity contribution is 9.10. The van der Waals surface area contributed by atoms with Gasteiger partial charge in [-0.3, -0.25) is 0 Å². The second-order valence-corrected chi connectivity index (χ2v) is 5.65. The molecule has 0 radical (unpaired) electrons. The maximum atomic E-state index is 6.39. The Morgan fingerprint density at radius 2 is 1.85 bits per heavy atom. The van der Waals surface area contributed by atoms with E-state index in [1.165, 1.54) is 5.56 Å². The number of hydrogen-bond acceptors (Lipinski definition) is 3. The van der Waals surface area contributed by atoms with E-state index in [0.717, 1.165) is 27.1 Å². The SMILES string of the molecule is Cc1cccc(C(N)c2ccc3c(c2)OCCO3)c1Br. The highest BCUT2D eigenvalue weighted by Gasteiger charge is 2.17. The van der Waals surface area contributed by atoms with Crippen molar-refractivity contribution < 1.29 is 9.47 Å². The molecule has 1 atom stereocenters. The van der Waals surface area contributed by atoms with Crippen molar-refractivity contribution in [1.29, 1.82) is 0 Å². The smallest absolute Gasteiger partial charge is 0.161 e. The lowest BCUT2D eigenvalue weighted by molar-refractivity contribution is 0.171. The number of nitrogens with two attached hydrogens (primary N) is 1. The summed E-state index contributed by atoms with van der Waals surface area (Å²) in [5.74, 6) is 1.56. The second-order valence-electron chi connectivity index (χ2n) is 4.86. The third kappa shape index (κ3) is 2.41. The summed E-state index contributed by atoms with van der Waals surface area (Å²) in [5.41, 5.74) is 9.65. The molecule has 0 saturated heterocycles. The van der Waals surface area contributed by atoms with Crippen molar-refractivity contribution in [1.82, 2.24) is 0 Å². The van der Waals surface area contributed by atoms with Crippen molar-refractivity contribution in [2.75, 3.05) is 13.2 Å². The molecule has 0 bridgehead atoms. The quantitative estimate of drug-likeness (QED) is 0.913. The van der Waals surface area contributed by atoms with Gasteiger partial charge in [-0.1, -0.05) is 40.2 Å². The van der Waals surface area contributed by atoms with Crippen LogP contribution in [0.3, 0.4) is 0 Å². The average molecular weight is 334 g/mol. The lowest BCUT2D eigenvalue weighted by Gasteiger charge is -2.21. The van der Waals surface area contributed by atoms with Crippen molar-refractivity contribution in [3.8, 4) is 11.5 Å². The maximum Gasteiger partial charge on any atom is 0.161 e. The number of benzene rings is 2. The highest BCUT2D eigenvalue weighted by atomic mass is 79.9. The molecular formula is C16H16BrNO2. The Bertz CT molecular complexity index is 642. The molecule has 0 spiro atoms. The standard InChI is InChI=1S/C16H16BrNO2/c1-10-3-2-4-12(15(10)17)16(18)11-5-6-13-14(9-11)20-8-7-19-13/h2-6,9,16H,7-8,18H2,1H3. The predicted molar refractivity (Wildman–Crippen MR) is 82.3 cm³/mol. The predicted octanol–water partition coefficient (Wildman–Crippen LogP) is 3.58. The van der Waals surface area contributed by atoms with Crippen molar-refractivity contribution in [2.45, 2.75) is 13.0 Å². The van der Waals surface area contributed by atoms with Gasteiger partial charge in [0.05, 0.1) is 6.04 Å². The molecule has 1 unspecified atom stereocenters. The molecule has 3 nitrogen and oxygen atoms in total. The van der Waals surface area contributed by atoms with Crippen LogP contribution in [0.25, 0.3) is 0 Å². The first kappa shape index (κ1) is 13.5. The van der Waals surface area contributed by atoms with Crippen molar-refractivity contribution in [3.63, 3.8) is 0 Å². The largest absolute Gasteiger partial charge is 0.486 e. The number of fused-ring (bicyclic) bond motifs is 1. The van der Waals surface area contributed by atoms with Crippen LogP contribution in [0.5, 0.6) is 11.5 Å². The van der Waals surface area contributed by atoms with Crippen LogP contribution >= 0.6 is 15.9 Å². The van der Waals surface area contributed by atoms with Crippen LogP contribution in [0, 0.1) is 6.92 Å². The lowest BCUT2D eigenvalue weighted by atomic mass is 9.98. The Labute approximate surface area is 126 Å². The molecule has 2 N–H and O–H groups in total. The van der Waals surface area contributed by atoms with E-state index >= 15 is 0 Å². The van der Waals surface area contributed by atoms with Gasteiger partial charge in [-0.2, -0.15) is 0 Å². The van der Waals surface area contributed by atoms with E-state index in [1.807, 2.05) is 30.3 Å². The Kier molecular flexibility index (Phi) is 3.68. The van der Waals surface area contributed by atoms with Gasteiger partial charge in [0, 0.05) is 4.47 Å². The first-order valence-corrected chi connectivity index (χ1v) is 7.36. The third-order valence-electron chi connectivity index (χ3n) is 3.48. The summed E-state index contributed by atoms with van der Waals surface area (Å²) in [6.07, 6.45) is 0. The van der Waals surface area contributed by atoms with Crippen LogP contribution in [-0.2, 0) is 0 Å². The van der Waals surface area contributed by atoms with Gasteiger partial charge in [-0.25, -0.2) is 0 Å². The Balaban J connectivity index is 1.98. The molecular weight excluding hydrogens is 318 g/mol. The molecule has 1 aliphatic rings. The van der Waals surface area contributed by atoms with E-state index in [0.29, 0.717) is 13.2 Å². The van der Waals surface area contributed by atoms with Gasteiger partial charge in [0.1, 0.15) is 13.2 Å². The Morgan fingerprint density at radius 1 is 1.10 bits per heavy atom. The van der Waals surface area contributed by atoms with E-state index in [-0.39, 0.29) is 6.04 Å². The Hall–Kier alpha value is -1.52. The molecule has 2 aromatic rings. The van der Waals surface area contributed by atoms with Crippen LogP contribution in [0.4, 0.5) is 0 Å². The summed E-state index contributed by atoms with van der Waals surface area (Å²) in [4.78, 5) is 0. The fourth-order valence-electron chi connectivity index (χ4n) is 2.34. The molecule has 3 rings (SSSR count). The number of hydrogen-bond donors (Lipinski definition) is 1. The summed E-state index contributed by atoms with van der Waals surface area (Å²) in [7, 11) is 0. The number of rotatable bonds is 2. The number of halogens is 1. The summed E-state index contributed by atoms with van der Waals surface area (Å²) in [6.45, 7) is 3.24. The van der Waals surface area contributed by atoms with Crippen molar-refractivity contribution in [2.24, 2.45) is 5.73 Å². The summed E-state index contributed by atoms with van der Waals surface area (Å²) >= 11 is 3.62. The highest BCUT2D eigenvalue weighted by Crippen LogP contribution is 2.35. The minimum Gasteiger partial charge on any atom is -0.486 e. The minimum atomic E-state index is -0.194. The zero-order valence-corrected chi connectivity index (χ0v) is 12.8. The molecule has 0 fully saturated rings. The monoisotopic (exact) mass is 333 g/mol. The van der Waals surface area contributed by atoms with Crippen molar-refractivity contribution in [3.05, 3.63) is 57.6 Å². The van der Waals surface area contributed by atoms with Crippen LogP contribution in [0.1, 0.15) is 22.7 Å². The number of ether oxygens (including phenoxy) is 2. The van der Waals surface area contributed by atoms with E-state index in [4.69, 9.17) is 15.2 Å². The van der Waals surface area contributed by atoms with Gasteiger partial charge in [-0.15, -0.1) is 0 Å². The fourth-order valence-corrected chi connectivity index (χ4v) is 2.85. The molecule has 2 aromatic carbocycles. The normalized spacial score (nSPS) is 14.9. The van der Waals surface area contributed by atoms with Crippen LogP contribution in [-0.4, -0.2) is 13.2 Å². The Morgan fingerprint density at radius 3 is 2.65 bits per heavy atom. The molecule has 104 valence electrons. The third-order valence-corrected chi connectivity index (χ3v) is 4.57. The maximum absolute atomic E-state index is 6.39. The molecule has 20 heavy (non-hydrogen) atoms. The van der Waals surface area contributed by atoms with Gasteiger partial charge in [-0.05, 0) is 35.7 Å². The van der Waals surface area contributed by atoms with Gasteiger partial charge in [0.25, 0.3) is 0 Å². The topological polar surface area (TPSA) is 44.5 Å². The first-order valence-electron chi connectivity index (χ1n) is 6.57. The van der Waals surface area contributed by atoms with Gasteiger partial charge < -0.3 is 15.2 Å². The van der Waals surface area contributed by atoms with E-state index in [9.17, 15) is 0 Å². The molecule has 0 saturated carbocycles. The van der Waals surface area contributed by atoms with Crippen LogP contribution in [0.15, 0.2) is 40.9 Å². The van der Waals surface area contributed by atoms with Crippen LogP contribution in [0.2, 0.25) is 0 Å². The lowest BCUT2D eigenvalue weighted by Crippen LogP contribution is -2.17. The molecule has 0 amide bonds. The van der Waals surface area contributed by atoms with Gasteiger partial charge >= 0.3 is 0 Å². The van der Waals surface area contributed by atoms with Crippen molar-refractivity contribution >= 4 is 15.9 Å². The van der Waals surface area contributed by atoms with Gasteiger partial charge in [0.2, 0.25) is 0 Å². The zero-order valence-electron chi connectivity index (χ0n) is 11.2. The molecule has 0 aliphatic carbocycles. The molecule has 4 heteroatoms. The van der Waals surface area contributed by atoms with E-state index in [2.05, 4.69) is 28.9 Å². The second kappa shape index (κ2) is 5.46. The van der Waals surface area contributed by atoms with E-state index < -0.39 is 0 Å². The number of aryl methyl sites for hydroxylation is 1. The van der Waals surface area contributed by atoms with E-state index in [1.54, 1.807) is 0 Å². The summed E-state index contributed by atoms with van der Waals surface area (Å²) < 4.78 is 12.2. The molecule has 0 aromatic heterocycles. The zero-order chi connectivity index (χ0) is 14.1. The first-order chi connectivity index (χ1) is 9.66. The minimum absolute atomic E-state index is 0.194.